The summed E-state index contributed by atoms with van der Waals surface area (Å²) in [6.45, 7) is 3.61. The first-order valence-electron chi connectivity index (χ1n) is 7.83. The number of thiophene rings is 1. The Kier molecular flexibility index (Phi) is 4.47. The van der Waals surface area contributed by atoms with Crippen LogP contribution in [0.3, 0.4) is 0 Å². The molecule has 122 valence electrons. The number of hydrogen-bond acceptors (Lipinski definition) is 4. The molecule has 0 saturated carbocycles. The smallest absolute Gasteiger partial charge is 0.264 e. The molecule has 0 radical (unpaired) electrons. The van der Waals surface area contributed by atoms with Crippen LogP contribution >= 0.6 is 11.3 Å². The fraction of sp³-hybridized carbons (Fsp3) is 0.438. The highest BCUT2D eigenvalue weighted by atomic mass is 32.1. The minimum absolute atomic E-state index is 0.00896. The summed E-state index contributed by atoms with van der Waals surface area (Å²) >= 11 is 1.16. The van der Waals surface area contributed by atoms with Crippen LogP contribution in [-0.2, 0) is 6.54 Å². The SMILES string of the molecule is CCn1ccnc1C1CCCCN1C(=O)c1ccc(C(N)=O)s1. The molecule has 1 aliphatic heterocycles. The van der Waals surface area contributed by atoms with E-state index in [2.05, 4.69) is 16.5 Å². The Morgan fingerprint density at radius 2 is 2.13 bits per heavy atom. The van der Waals surface area contributed by atoms with E-state index in [9.17, 15) is 9.59 Å². The van der Waals surface area contributed by atoms with Gasteiger partial charge in [-0.3, -0.25) is 9.59 Å². The summed E-state index contributed by atoms with van der Waals surface area (Å²) in [4.78, 5) is 31.5. The van der Waals surface area contributed by atoms with Gasteiger partial charge in [0.2, 0.25) is 0 Å². The topological polar surface area (TPSA) is 81.2 Å². The summed E-state index contributed by atoms with van der Waals surface area (Å²) in [6.07, 6.45) is 6.72. The largest absolute Gasteiger partial charge is 0.365 e. The second-order valence-corrected chi connectivity index (χ2v) is 6.69. The Morgan fingerprint density at radius 1 is 1.35 bits per heavy atom. The third-order valence-corrected chi connectivity index (χ3v) is 5.30. The van der Waals surface area contributed by atoms with Crippen molar-refractivity contribution in [2.24, 2.45) is 5.73 Å². The summed E-state index contributed by atoms with van der Waals surface area (Å²) in [6, 6.07) is 3.29. The fourth-order valence-corrected chi connectivity index (χ4v) is 3.87. The van der Waals surface area contributed by atoms with Gasteiger partial charge in [0.1, 0.15) is 5.82 Å². The second-order valence-electron chi connectivity index (χ2n) is 5.61. The zero-order valence-electron chi connectivity index (χ0n) is 13.1. The summed E-state index contributed by atoms with van der Waals surface area (Å²) in [5, 5.41) is 0. The second kappa shape index (κ2) is 6.54. The van der Waals surface area contributed by atoms with Gasteiger partial charge in [-0.1, -0.05) is 0 Å². The first-order valence-corrected chi connectivity index (χ1v) is 8.65. The van der Waals surface area contributed by atoms with Gasteiger partial charge in [0.25, 0.3) is 11.8 Å². The number of imidazole rings is 1. The monoisotopic (exact) mass is 332 g/mol. The summed E-state index contributed by atoms with van der Waals surface area (Å²) < 4.78 is 2.08. The molecule has 2 aromatic heterocycles. The molecule has 1 saturated heterocycles. The normalized spacial score (nSPS) is 18.1. The van der Waals surface area contributed by atoms with E-state index < -0.39 is 5.91 Å². The highest BCUT2D eigenvalue weighted by Crippen LogP contribution is 2.32. The molecule has 6 nitrogen and oxygen atoms in total. The number of amides is 2. The van der Waals surface area contributed by atoms with E-state index >= 15 is 0 Å². The maximum atomic E-state index is 12.9. The van der Waals surface area contributed by atoms with Gasteiger partial charge in [-0.05, 0) is 38.3 Å². The Hall–Kier alpha value is -2.15. The van der Waals surface area contributed by atoms with Crippen LogP contribution in [0.15, 0.2) is 24.5 Å². The van der Waals surface area contributed by atoms with E-state index in [0.717, 1.165) is 43.0 Å². The first-order chi connectivity index (χ1) is 11.1. The molecule has 0 aliphatic carbocycles. The molecule has 0 spiro atoms. The van der Waals surface area contributed by atoms with E-state index in [4.69, 9.17) is 5.73 Å². The van der Waals surface area contributed by atoms with Crippen molar-refractivity contribution in [2.45, 2.75) is 38.8 Å². The quantitative estimate of drug-likeness (QED) is 0.933. The van der Waals surface area contributed by atoms with Crippen molar-refractivity contribution in [1.82, 2.24) is 14.5 Å². The molecular formula is C16H20N4O2S. The number of hydrogen-bond donors (Lipinski definition) is 1. The molecule has 7 heteroatoms. The maximum Gasteiger partial charge on any atom is 0.264 e. The average molecular weight is 332 g/mol. The number of likely N-dealkylation sites (tertiary alicyclic amines) is 1. The molecule has 0 aromatic carbocycles. The molecule has 1 fully saturated rings. The minimum Gasteiger partial charge on any atom is -0.365 e. The van der Waals surface area contributed by atoms with E-state index in [-0.39, 0.29) is 11.9 Å². The van der Waals surface area contributed by atoms with Gasteiger partial charge >= 0.3 is 0 Å². The predicted molar refractivity (Wildman–Crippen MR) is 88.4 cm³/mol. The molecule has 23 heavy (non-hydrogen) atoms. The first kappa shape index (κ1) is 15.7. The van der Waals surface area contributed by atoms with Crippen molar-refractivity contribution in [3.8, 4) is 0 Å². The van der Waals surface area contributed by atoms with Crippen LogP contribution in [0.5, 0.6) is 0 Å². The van der Waals surface area contributed by atoms with E-state index in [1.807, 2.05) is 11.1 Å². The Morgan fingerprint density at radius 3 is 2.83 bits per heavy atom. The Labute approximate surface area is 138 Å². The molecule has 0 bridgehead atoms. The van der Waals surface area contributed by atoms with Gasteiger partial charge in [-0.15, -0.1) is 11.3 Å². The highest BCUT2D eigenvalue weighted by molar-refractivity contribution is 7.15. The van der Waals surface area contributed by atoms with Gasteiger partial charge in [-0.25, -0.2) is 4.98 Å². The lowest BCUT2D eigenvalue weighted by Gasteiger charge is -2.35. The number of piperidine rings is 1. The van der Waals surface area contributed by atoms with Crippen molar-refractivity contribution in [1.29, 1.82) is 0 Å². The number of primary amides is 1. The van der Waals surface area contributed by atoms with Crippen molar-refractivity contribution >= 4 is 23.2 Å². The lowest BCUT2D eigenvalue weighted by molar-refractivity contribution is 0.0600. The third kappa shape index (κ3) is 3.01. The highest BCUT2D eigenvalue weighted by Gasteiger charge is 2.32. The number of rotatable bonds is 4. The molecule has 3 rings (SSSR count). The summed E-state index contributed by atoms with van der Waals surface area (Å²) in [5.74, 6) is 0.399. The molecule has 1 atom stereocenters. The van der Waals surface area contributed by atoms with Crippen LogP contribution in [0.2, 0.25) is 0 Å². The number of nitrogens with two attached hydrogens (primary N) is 1. The number of aromatic nitrogens is 2. The minimum atomic E-state index is -0.495. The molecular weight excluding hydrogens is 312 g/mol. The Bertz CT molecular complexity index is 721. The molecule has 2 aromatic rings. The van der Waals surface area contributed by atoms with Gasteiger partial charge in [0, 0.05) is 25.5 Å². The standard InChI is InChI=1S/C16H20N4O2S/c1-2-19-10-8-18-15(19)11-5-3-4-9-20(11)16(22)13-7-6-12(23-13)14(17)21/h6-8,10-11H,2-5,9H2,1H3,(H2,17,21). The molecule has 3 heterocycles. The van der Waals surface area contributed by atoms with Gasteiger partial charge in [0.15, 0.2) is 0 Å². The van der Waals surface area contributed by atoms with Crippen molar-refractivity contribution < 1.29 is 9.59 Å². The molecule has 2 amide bonds. The summed E-state index contributed by atoms with van der Waals surface area (Å²) in [5.41, 5.74) is 5.28. The zero-order valence-corrected chi connectivity index (χ0v) is 13.9. The van der Waals surface area contributed by atoms with Crippen LogP contribution in [0.25, 0.3) is 0 Å². The lowest BCUT2D eigenvalue weighted by Crippen LogP contribution is -2.39. The van der Waals surface area contributed by atoms with Crippen LogP contribution in [0.4, 0.5) is 0 Å². The Balaban J connectivity index is 1.88. The number of aryl methyl sites for hydroxylation is 1. The number of carbonyl (C=O) groups is 2. The predicted octanol–water partition coefficient (Wildman–Crippen LogP) is 2.43. The van der Waals surface area contributed by atoms with Crippen molar-refractivity contribution in [3.05, 3.63) is 40.1 Å². The van der Waals surface area contributed by atoms with Gasteiger partial charge in [0.05, 0.1) is 15.8 Å². The van der Waals surface area contributed by atoms with E-state index in [1.165, 1.54) is 0 Å². The van der Waals surface area contributed by atoms with Crippen molar-refractivity contribution in [2.75, 3.05) is 6.54 Å². The van der Waals surface area contributed by atoms with E-state index in [1.54, 1.807) is 18.3 Å². The van der Waals surface area contributed by atoms with Gasteiger partial charge in [-0.2, -0.15) is 0 Å². The van der Waals surface area contributed by atoms with Crippen LogP contribution < -0.4 is 5.73 Å². The van der Waals surface area contributed by atoms with Crippen LogP contribution in [0, 0.1) is 0 Å². The van der Waals surface area contributed by atoms with Crippen LogP contribution in [-0.4, -0.2) is 32.8 Å². The fourth-order valence-electron chi connectivity index (χ4n) is 3.06. The third-order valence-electron chi connectivity index (χ3n) is 4.21. The lowest BCUT2D eigenvalue weighted by atomic mass is 10.0. The van der Waals surface area contributed by atoms with E-state index in [0.29, 0.717) is 16.3 Å². The van der Waals surface area contributed by atoms with Gasteiger partial charge < -0.3 is 15.2 Å². The van der Waals surface area contributed by atoms with Crippen LogP contribution in [0.1, 0.15) is 57.4 Å². The number of carbonyl (C=O) groups excluding carboxylic acids is 2. The zero-order chi connectivity index (χ0) is 16.4. The molecule has 1 unspecified atom stereocenters. The molecule has 2 N–H and O–H groups in total. The number of nitrogens with zero attached hydrogens (tertiary/aromatic N) is 3. The summed E-state index contributed by atoms with van der Waals surface area (Å²) in [7, 11) is 0. The maximum absolute atomic E-state index is 12.9. The molecule has 1 aliphatic rings. The average Bonchev–Trinajstić information content (AvgIpc) is 3.23. The van der Waals surface area contributed by atoms with Crippen molar-refractivity contribution in [3.63, 3.8) is 0 Å².